The van der Waals surface area contributed by atoms with Crippen LogP contribution in [0, 0.1) is 6.92 Å². The van der Waals surface area contributed by atoms with Gasteiger partial charge in [-0.2, -0.15) is 0 Å². The highest BCUT2D eigenvalue weighted by atomic mass is 16.5. The zero-order valence-corrected chi connectivity index (χ0v) is 23.9. The van der Waals surface area contributed by atoms with E-state index in [9.17, 15) is 4.79 Å². The minimum Gasteiger partial charge on any atom is -0.378 e. The molecule has 2 fully saturated rings. The minimum atomic E-state index is 0.0540. The van der Waals surface area contributed by atoms with E-state index in [0.717, 1.165) is 59.6 Å². The summed E-state index contributed by atoms with van der Waals surface area (Å²) in [6.45, 7) is 13.5. The molecule has 0 spiro atoms. The Morgan fingerprint density at radius 3 is 2.35 bits per heavy atom. The van der Waals surface area contributed by atoms with Gasteiger partial charge in [-0.3, -0.25) is 4.79 Å². The van der Waals surface area contributed by atoms with Crippen LogP contribution >= 0.6 is 0 Å². The zero-order valence-electron chi connectivity index (χ0n) is 23.9. The number of aromatic amines is 1. The number of likely N-dealkylation sites (N-methyl/N-ethyl adjacent to an activating group) is 1. The molecular weight excluding hydrogens is 500 g/mol. The molecule has 2 aromatic carbocycles. The molecule has 8 heteroatoms. The Bertz CT molecular complexity index is 1510. The summed E-state index contributed by atoms with van der Waals surface area (Å²) >= 11 is 0. The number of piperazine rings is 1. The number of H-pyrrole nitrogens is 1. The van der Waals surface area contributed by atoms with Crippen molar-refractivity contribution < 1.29 is 9.53 Å². The maximum atomic E-state index is 12.9. The van der Waals surface area contributed by atoms with Crippen LogP contribution in [0.5, 0.6) is 0 Å². The van der Waals surface area contributed by atoms with Gasteiger partial charge in [-0.1, -0.05) is 26.0 Å². The highest BCUT2D eigenvalue weighted by molar-refractivity contribution is 5.97. The number of fused-ring (bicyclic) bond motifs is 1. The van der Waals surface area contributed by atoms with Gasteiger partial charge in [0, 0.05) is 73.2 Å². The summed E-state index contributed by atoms with van der Waals surface area (Å²) in [7, 11) is 2.19. The molecule has 2 aromatic heterocycles. The molecule has 2 saturated heterocycles. The van der Waals surface area contributed by atoms with Gasteiger partial charge in [-0.25, -0.2) is 0 Å². The third kappa shape index (κ3) is 5.09. The average molecular weight is 539 g/mol. The Hall–Kier alpha value is -3.75. The lowest BCUT2D eigenvalue weighted by Crippen LogP contribution is -2.45. The van der Waals surface area contributed by atoms with E-state index >= 15 is 0 Å². The standard InChI is InChI=1S/C32H38N6O2/c1-21(2)26-18-25(17-22(3)30(26)37-11-9-36(4)10-12-37)29-19-27-28(20-33-31(27)35-34-29)23-5-7-24(8-6-23)32(39)38-13-15-40-16-14-38/h5-8,17-21H,9-16H2,1-4H3,(H,33,35). The van der Waals surface area contributed by atoms with Gasteiger partial charge >= 0.3 is 0 Å². The molecule has 40 heavy (non-hydrogen) atoms. The Morgan fingerprint density at radius 2 is 1.65 bits per heavy atom. The molecule has 0 saturated carbocycles. The largest absolute Gasteiger partial charge is 0.378 e. The molecule has 4 aromatic rings. The summed E-state index contributed by atoms with van der Waals surface area (Å²) < 4.78 is 5.39. The number of amides is 1. The highest BCUT2D eigenvalue weighted by Crippen LogP contribution is 2.37. The number of nitrogens with one attached hydrogen (secondary N) is 1. The van der Waals surface area contributed by atoms with Crippen LogP contribution in [0.3, 0.4) is 0 Å². The first kappa shape index (κ1) is 26.5. The van der Waals surface area contributed by atoms with Crippen molar-refractivity contribution in [2.45, 2.75) is 26.7 Å². The fourth-order valence-corrected chi connectivity index (χ4v) is 5.90. The molecule has 0 unspecified atom stereocenters. The van der Waals surface area contributed by atoms with Crippen LogP contribution in [0.1, 0.15) is 41.3 Å². The van der Waals surface area contributed by atoms with Crippen molar-refractivity contribution in [2.75, 3.05) is 64.4 Å². The molecule has 0 atom stereocenters. The predicted molar refractivity (Wildman–Crippen MR) is 160 cm³/mol. The molecular formula is C32H38N6O2. The fourth-order valence-electron chi connectivity index (χ4n) is 5.90. The third-order valence-corrected chi connectivity index (χ3v) is 8.25. The molecule has 2 aliphatic heterocycles. The number of aryl methyl sites for hydroxylation is 1. The number of morpholine rings is 1. The Morgan fingerprint density at radius 1 is 0.925 bits per heavy atom. The lowest BCUT2D eigenvalue weighted by molar-refractivity contribution is 0.0303. The molecule has 1 N–H and O–H groups in total. The van der Waals surface area contributed by atoms with Gasteiger partial charge in [0.05, 0.1) is 18.9 Å². The number of carbonyl (C=O) groups excluding carboxylic acids is 1. The number of benzene rings is 2. The van der Waals surface area contributed by atoms with E-state index in [4.69, 9.17) is 4.74 Å². The van der Waals surface area contributed by atoms with Crippen LogP contribution in [0.4, 0.5) is 5.69 Å². The summed E-state index contributed by atoms with van der Waals surface area (Å²) in [5.74, 6) is 0.449. The molecule has 0 aliphatic carbocycles. The number of rotatable bonds is 5. The van der Waals surface area contributed by atoms with Crippen LogP contribution in [0.25, 0.3) is 33.4 Å². The van der Waals surface area contributed by atoms with Gasteiger partial charge in [0.1, 0.15) is 0 Å². The average Bonchev–Trinajstić information content (AvgIpc) is 3.41. The normalized spacial score (nSPS) is 16.7. The van der Waals surface area contributed by atoms with Crippen LogP contribution in [0.2, 0.25) is 0 Å². The number of ether oxygens (including phenoxy) is 1. The van der Waals surface area contributed by atoms with E-state index < -0.39 is 0 Å². The molecule has 208 valence electrons. The predicted octanol–water partition coefficient (Wildman–Crippen LogP) is 4.95. The van der Waals surface area contributed by atoms with Crippen molar-refractivity contribution in [3.05, 3.63) is 65.4 Å². The summed E-state index contributed by atoms with van der Waals surface area (Å²) in [6, 6.07) is 14.6. The van der Waals surface area contributed by atoms with Crippen molar-refractivity contribution in [2.24, 2.45) is 0 Å². The third-order valence-electron chi connectivity index (χ3n) is 8.25. The lowest BCUT2D eigenvalue weighted by Gasteiger charge is -2.37. The van der Waals surface area contributed by atoms with Crippen molar-refractivity contribution >= 4 is 22.6 Å². The van der Waals surface area contributed by atoms with Crippen LogP contribution in [-0.2, 0) is 4.74 Å². The van der Waals surface area contributed by atoms with Gasteiger partial charge < -0.3 is 24.4 Å². The van der Waals surface area contributed by atoms with Crippen molar-refractivity contribution in [1.29, 1.82) is 0 Å². The van der Waals surface area contributed by atoms with Crippen molar-refractivity contribution in [3.63, 3.8) is 0 Å². The number of anilines is 1. The number of aromatic nitrogens is 3. The molecule has 1 amide bonds. The zero-order chi connectivity index (χ0) is 27.8. The van der Waals surface area contributed by atoms with Gasteiger partial charge in [-0.15, -0.1) is 10.2 Å². The quantitative estimate of drug-likeness (QED) is 0.388. The van der Waals surface area contributed by atoms with E-state index in [1.54, 1.807) is 0 Å². The van der Waals surface area contributed by atoms with E-state index in [0.29, 0.717) is 37.8 Å². The first-order valence-corrected chi connectivity index (χ1v) is 14.3. The molecule has 4 heterocycles. The summed E-state index contributed by atoms with van der Waals surface area (Å²) in [5.41, 5.74) is 9.49. The fraction of sp³-hybridized carbons (Fsp3) is 0.406. The maximum Gasteiger partial charge on any atom is 0.254 e. The van der Waals surface area contributed by atoms with Gasteiger partial charge in [0.25, 0.3) is 5.91 Å². The van der Waals surface area contributed by atoms with E-state index in [-0.39, 0.29) is 5.91 Å². The Labute approximate surface area is 235 Å². The number of hydrogen-bond acceptors (Lipinski definition) is 6. The Kier molecular flexibility index (Phi) is 7.29. The number of hydrogen-bond donors (Lipinski definition) is 1. The summed E-state index contributed by atoms with van der Waals surface area (Å²) in [5, 5.41) is 10.2. The van der Waals surface area contributed by atoms with Crippen molar-refractivity contribution in [1.82, 2.24) is 25.0 Å². The lowest BCUT2D eigenvalue weighted by atomic mass is 9.93. The molecule has 2 aliphatic rings. The van der Waals surface area contributed by atoms with Gasteiger partial charge in [-0.05, 0) is 66.9 Å². The van der Waals surface area contributed by atoms with Gasteiger partial charge in [0.2, 0.25) is 0 Å². The van der Waals surface area contributed by atoms with E-state index in [2.05, 4.69) is 71.0 Å². The maximum absolute atomic E-state index is 12.9. The van der Waals surface area contributed by atoms with Gasteiger partial charge in [0.15, 0.2) is 5.65 Å². The second-order valence-corrected chi connectivity index (χ2v) is 11.4. The molecule has 0 bridgehead atoms. The minimum absolute atomic E-state index is 0.0540. The number of nitrogens with zero attached hydrogens (tertiary/aromatic N) is 5. The van der Waals surface area contributed by atoms with E-state index in [1.807, 2.05) is 35.4 Å². The second-order valence-electron chi connectivity index (χ2n) is 11.4. The summed E-state index contributed by atoms with van der Waals surface area (Å²) in [6.07, 6.45) is 1.98. The topological polar surface area (TPSA) is 77.6 Å². The monoisotopic (exact) mass is 538 g/mol. The molecule has 0 radical (unpaired) electrons. The molecule has 8 nitrogen and oxygen atoms in total. The molecule has 6 rings (SSSR count). The second kappa shape index (κ2) is 11.0. The van der Waals surface area contributed by atoms with Crippen LogP contribution in [0.15, 0.2) is 48.7 Å². The van der Waals surface area contributed by atoms with Crippen LogP contribution in [-0.4, -0.2) is 90.4 Å². The first-order chi connectivity index (χ1) is 19.4. The van der Waals surface area contributed by atoms with E-state index in [1.165, 1.54) is 16.8 Å². The smallest absolute Gasteiger partial charge is 0.254 e. The summed E-state index contributed by atoms with van der Waals surface area (Å²) in [4.78, 5) is 23.0. The van der Waals surface area contributed by atoms with Crippen molar-refractivity contribution in [3.8, 4) is 22.4 Å². The number of carbonyl (C=O) groups is 1. The highest BCUT2D eigenvalue weighted by Gasteiger charge is 2.22. The Balaban J connectivity index is 1.32. The first-order valence-electron chi connectivity index (χ1n) is 14.3. The SMILES string of the molecule is Cc1cc(-c2cc3c(-c4ccc(C(=O)N5CCOCC5)cc4)c[nH]c3nn2)cc(C(C)C)c1N1CCN(C)CC1. The van der Waals surface area contributed by atoms with Crippen LogP contribution < -0.4 is 4.90 Å².